The van der Waals surface area contributed by atoms with Gasteiger partial charge in [0, 0.05) is 18.7 Å². The Kier molecular flexibility index (Phi) is 4.22. The minimum absolute atomic E-state index is 0.0439. The number of aromatic nitrogens is 4. The maximum atomic E-state index is 11.6. The molecule has 1 N–H and O–H groups in total. The SMILES string of the molecule is CC[C@@H](C)C(=O)NCc1ccc(-n2cncn2)nc1. The molecule has 0 spiro atoms. The number of pyridine rings is 1. The monoisotopic (exact) mass is 259 g/mol. The quantitative estimate of drug-likeness (QED) is 0.879. The molecule has 6 heteroatoms. The topological polar surface area (TPSA) is 72.7 Å². The third kappa shape index (κ3) is 3.37. The van der Waals surface area contributed by atoms with Gasteiger partial charge in [-0.1, -0.05) is 19.9 Å². The molecule has 2 aromatic rings. The summed E-state index contributed by atoms with van der Waals surface area (Å²) in [5.74, 6) is 0.819. The van der Waals surface area contributed by atoms with Crippen molar-refractivity contribution in [2.75, 3.05) is 0 Å². The third-order valence-electron chi connectivity index (χ3n) is 2.99. The van der Waals surface area contributed by atoms with Gasteiger partial charge in [-0.05, 0) is 18.1 Å². The molecular formula is C13H17N5O. The van der Waals surface area contributed by atoms with E-state index < -0.39 is 0 Å². The molecule has 0 aliphatic rings. The first-order valence-electron chi connectivity index (χ1n) is 6.28. The van der Waals surface area contributed by atoms with Gasteiger partial charge in [0.2, 0.25) is 5.91 Å². The van der Waals surface area contributed by atoms with E-state index in [9.17, 15) is 4.79 Å². The van der Waals surface area contributed by atoms with Crippen LogP contribution in [0.15, 0.2) is 31.0 Å². The highest BCUT2D eigenvalue weighted by molar-refractivity contribution is 5.78. The molecule has 2 heterocycles. The summed E-state index contributed by atoms with van der Waals surface area (Å²) in [4.78, 5) is 19.8. The summed E-state index contributed by atoms with van der Waals surface area (Å²) in [5, 5.41) is 6.89. The summed E-state index contributed by atoms with van der Waals surface area (Å²) < 4.78 is 1.58. The number of hydrogen-bond donors (Lipinski definition) is 1. The fraction of sp³-hybridized carbons (Fsp3) is 0.385. The smallest absolute Gasteiger partial charge is 0.223 e. The van der Waals surface area contributed by atoms with E-state index in [1.165, 1.54) is 6.33 Å². The number of carbonyl (C=O) groups is 1. The number of carbonyl (C=O) groups excluding carboxylic acids is 1. The van der Waals surface area contributed by atoms with Crippen LogP contribution in [-0.2, 0) is 11.3 Å². The largest absolute Gasteiger partial charge is 0.352 e. The average molecular weight is 259 g/mol. The van der Waals surface area contributed by atoms with Gasteiger partial charge in [-0.15, -0.1) is 0 Å². The van der Waals surface area contributed by atoms with Gasteiger partial charge >= 0.3 is 0 Å². The maximum absolute atomic E-state index is 11.6. The lowest BCUT2D eigenvalue weighted by Gasteiger charge is -2.09. The summed E-state index contributed by atoms with van der Waals surface area (Å²) in [5.41, 5.74) is 0.959. The normalized spacial score (nSPS) is 12.1. The predicted molar refractivity (Wildman–Crippen MR) is 70.5 cm³/mol. The van der Waals surface area contributed by atoms with Gasteiger partial charge in [0.05, 0.1) is 0 Å². The van der Waals surface area contributed by atoms with E-state index in [0.717, 1.165) is 12.0 Å². The van der Waals surface area contributed by atoms with Crippen LogP contribution in [0.25, 0.3) is 5.82 Å². The lowest BCUT2D eigenvalue weighted by Crippen LogP contribution is -2.28. The van der Waals surface area contributed by atoms with Crippen LogP contribution in [-0.4, -0.2) is 25.7 Å². The molecule has 0 aromatic carbocycles. The van der Waals surface area contributed by atoms with E-state index in [-0.39, 0.29) is 11.8 Å². The second-order valence-electron chi connectivity index (χ2n) is 4.39. The number of amides is 1. The molecule has 100 valence electrons. The fourth-order valence-electron chi connectivity index (χ4n) is 1.53. The molecule has 0 bridgehead atoms. The Labute approximate surface area is 111 Å². The van der Waals surface area contributed by atoms with Crippen molar-refractivity contribution in [2.45, 2.75) is 26.8 Å². The molecule has 0 radical (unpaired) electrons. The van der Waals surface area contributed by atoms with Crippen LogP contribution in [0.5, 0.6) is 0 Å². The molecule has 0 saturated heterocycles. The molecule has 0 fully saturated rings. The summed E-state index contributed by atoms with van der Waals surface area (Å²) >= 11 is 0. The predicted octanol–water partition coefficient (Wildman–Crippen LogP) is 1.32. The van der Waals surface area contributed by atoms with E-state index >= 15 is 0 Å². The highest BCUT2D eigenvalue weighted by Crippen LogP contribution is 2.05. The lowest BCUT2D eigenvalue weighted by molar-refractivity contribution is -0.124. The molecular weight excluding hydrogens is 242 g/mol. The summed E-state index contributed by atoms with van der Waals surface area (Å²) in [7, 11) is 0. The summed E-state index contributed by atoms with van der Waals surface area (Å²) in [6, 6.07) is 3.76. The molecule has 0 aliphatic carbocycles. The molecule has 0 saturated carbocycles. The highest BCUT2D eigenvalue weighted by atomic mass is 16.1. The third-order valence-corrected chi connectivity index (χ3v) is 2.99. The Morgan fingerprint density at radius 3 is 2.89 bits per heavy atom. The highest BCUT2D eigenvalue weighted by Gasteiger charge is 2.09. The molecule has 1 amide bonds. The van der Waals surface area contributed by atoms with Gasteiger partial charge in [0.1, 0.15) is 12.7 Å². The first-order chi connectivity index (χ1) is 9.20. The van der Waals surface area contributed by atoms with Gasteiger partial charge in [-0.2, -0.15) is 5.10 Å². The van der Waals surface area contributed by atoms with Crippen LogP contribution in [0.2, 0.25) is 0 Å². The van der Waals surface area contributed by atoms with E-state index in [2.05, 4.69) is 20.4 Å². The van der Waals surface area contributed by atoms with Gasteiger partial charge in [0.25, 0.3) is 0 Å². The Morgan fingerprint density at radius 2 is 2.32 bits per heavy atom. The minimum atomic E-state index is 0.0439. The van der Waals surface area contributed by atoms with Crippen LogP contribution in [0, 0.1) is 5.92 Å². The fourth-order valence-corrected chi connectivity index (χ4v) is 1.53. The van der Waals surface area contributed by atoms with Crippen LogP contribution in [0.3, 0.4) is 0 Å². The Morgan fingerprint density at radius 1 is 1.47 bits per heavy atom. The number of nitrogens with one attached hydrogen (secondary N) is 1. The first-order valence-corrected chi connectivity index (χ1v) is 6.28. The molecule has 19 heavy (non-hydrogen) atoms. The van der Waals surface area contributed by atoms with Crippen molar-refractivity contribution in [1.29, 1.82) is 0 Å². The first kappa shape index (κ1) is 13.2. The zero-order valence-electron chi connectivity index (χ0n) is 11.1. The van der Waals surface area contributed by atoms with Gasteiger partial charge in [0.15, 0.2) is 5.82 Å². The molecule has 2 aromatic heterocycles. The van der Waals surface area contributed by atoms with Gasteiger partial charge < -0.3 is 5.32 Å². The van der Waals surface area contributed by atoms with Crippen LogP contribution < -0.4 is 5.32 Å². The summed E-state index contributed by atoms with van der Waals surface area (Å²) in [6.45, 7) is 4.41. The van der Waals surface area contributed by atoms with E-state index in [4.69, 9.17) is 0 Å². The van der Waals surface area contributed by atoms with Crippen molar-refractivity contribution < 1.29 is 4.79 Å². The minimum Gasteiger partial charge on any atom is -0.352 e. The van der Waals surface area contributed by atoms with E-state index in [0.29, 0.717) is 12.4 Å². The molecule has 2 rings (SSSR count). The van der Waals surface area contributed by atoms with Gasteiger partial charge in [-0.3, -0.25) is 4.79 Å². The molecule has 0 unspecified atom stereocenters. The molecule has 1 atom stereocenters. The second kappa shape index (κ2) is 6.08. The maximum Gasteiger partial charge on any atom is 0.223 e. The number of rotatable bonds is 5. The van der Waals surface area contributed by atoms with Crippen LogP contribution in [0.1, 0.15) is 25.8 Å². The summed E-state index contributed by atoms with van der Waals surface area (Å²) in [6.07, 6.45) is 5.62. The zero-order valence-corrected chi connectivity index (χ0v) is 11.1. The van der Waals surface area contributed by atoms with Crippen molar-refractivity contribution in [3.63, 3.8) is 0 Å². The lowest BCUT2D eigenvalue weighted by atomic mass is 10.1. The van der Waals surface area contributed by atoms with E-state index in [1.54, 1.807) is 17.2 Å². The van der Waals surface area contributed by atoms with E-state index in [1.807, 2.05) is 26.0 Å². The molecule has 6 nitrogen and oxygen atoms in total. The number of hydrogen-bond acceptors (Lipinski definition) is 4. The number of nitrogens with zero attached hydrogens (tertiary/aromatic N) is 4. The average Bonchev–Trinajstić information content (AvgIpc) is 2.98. The van der Waals surface area contributed by atoms with Crippen molar-refractivity contribution in [3.05, 3.63) is 36.5 Å². The van der Waals surface area contributed by atoms with Crippen LogP contribution in [0.4, 0.5) is 0 Å². The van der Waals surface area contributed by atoms with Crippen molar-refractivity contribution in [3.8, 4) is 5.82 Å². The van der Waals surface area contributed by atoms with Crippen molar-refractivity contribution in [1.82, 2.24) is 25.1 Å². The Bertz CT molecular complexity index is 520. The Balaban J connectivity index is 1.94. The molecule has 0 aliphatic heterocycles. The van der Waals surface area contributed by atoms with Crippen molar-refractivity contribution in [2.24, 2.45) is 5.92 Å². The second-order valence-corrected chi connectivity index (χ2v) is 4.39. The van der Waals surface area contributed by atoms with Gasteiger partial charge in [-0.25, -0.2) is 14.6 Å². The van der Waals surface area contributed by atoms with Crippen LogP contribution >= 0.6 is 0 Å². The van der Waals surface area contributed by atoms with Crippen molar-refractivity contribution >= 4 is 5.91 Å². The zero-order chi connectivity index (χ0) is 13.7. The standard InChI is InChI=1S/C13H17N5O/c1-3-10(2)13(19)16-7-11-4-5-12(15-6-11)18-9-14-8-17-18/h4-6,8-10H,3,7H2,1-2H3,(H,16,19)/t10-/m1/s1. The Hall–Kier alpha value is -2.24.